The van der Waals surface area contributed by atoms with Crippen LogP contribution in [0.15, 0.2) is 30.3 Å². The molecule has 1 heterocycles. The maximum Gasteiger partial charge on any atom is 0.273 e. The number of hydrogen-bond donors (Lipinski definition) is 2. The van der Waals surface area contributed by atoms with Gasteiger partial charge in [-0.25, -0.2) is 0 Å². The second-order valence-corrected chi connectivity index (χ2v) is 7.06. The van der Waals surface area contributed by atoms with Gasteiger partial charge in [-0.1, -0.05) is 27.7 Å². The van der Waals surface area contributed by atoms with E-state index in [2.05, 4.69) is 15.7 Å². The first-order valence-corrected chi connectivity index (χ1v) is 9.09. The van der Waals surface area contributed by atoms with Crippen molar-refractivity contribution in [1.29, 1.82) is 0 Å². The Kier molecular flexibility index (Phi) is 6.55. The lowest BCUT2D eigenvalue weighted by atomic mass is 10.1. The summed E-state index contributed by atoms with van der Waals surface area (Å²) in [5.41, 5.74) is 2.65. The molecule has 0 aliphatic heterocycles. The van der Waals surface area contributed by atoms with Crippen molar-refractivity contribution in [2.24, 2.45) is 5.92 Å². The highest BCUT2D eigenvalue weighted by molar-refractivity contribution is 6.03. The summed E-state index contributed by atoms with van der Waals surface area (Å²) in [4.78, 5) is 24.6. The van der Waals surface area contributed by atoms with E-state index in [1.54, 1.807) is 28.9 Å². The van der Waals surface area contributed by atoms with Gasteiger partial charge in [-0.05, 0) is 49.1 Å². The van der Waals surface area contributed by atoms with Crippen molar-refractivity contribution in [3.05, 3.63) is 47.3 Å². The first kappa shape index (κ1) is 19.7. The molecule has 0 saturated heterocycles. The number of aromatic nitrogens is 2. The summed E-state index contributed by atoms with van der Waals surface area (Å²) in [6.45, 7) is 11.4. The van der Waals surface area contributed by atoms with Gasteiger partial charge in [-0.3, -0.25) is 14.3 Å². The number of anilines is 1. The minimum absolute atomic E-state index is 0.109. The SMILES string of the molecule is CCn1nc(C(C)C)cc1C(=O)Nc1ccc(C(=O)NCC(C)C)cc1. The van der Waals surface area contributed by atoms with E-state index in [0.717, 1.165) is 5.69 Å². The van der Waals surface area contributed by atoms with Crippen molar-refractivity contribution in [3.8, 4) is 0 Å². The molecule has 0 aliphatic carbocycles. The first-order valence-electron chi connectivity index (χ1n) is 9.09. The second-order valence-electron chi connectivity index (χ2n) is 7.06. The Hall–Kier alpha value is -2.63. The smallest absolute Gasteiger partial charge is 0.273 e. The van der Waals surface area contributed by atoms with Gasteiger partial charge in [0.2, 0.25) is 0 Å². The highest BCUT2D eigenvalue weighted by Gasteiger charge is 2.16. The molecule has 0 bridgehead atoms. The zero-order valence-electron chi connectivity index (χ0n) is 16.2. The maximum atomic E-state index is 12.6. The van der Waals surface area contributed by atoms with Gasteiger partial charge >= 0.3 is 0 Å². The van der Waals surface area contributed by atoms with Gasteiger partial charge in [0.15, 0.2) is 0 Å². The number of carbonyl (C=O) groups excluding carboxylic acids is 2. The normalized spacial score (nSPS) is 11.0. The first-order chi connectivity index (χ1) is 12.3. The summed E-state index contributed by atoms with van der Waals surface area (Å²) in [7, 11) is 0. The van der Waals surface area contributed by atoms with Gasteiger partial charge < -0.3 is 10.6 Å². The molecule has 2 N–H and O–H groups in total. The van der Waals surface area contributed by atoms with Gasteiger partial charge in [-0.15, -0.1) is 0 Å². The number of amides is 2. The van der Waals surface area contributed by atoms with Crippen molar-refractivity contribution in [2.45, 2.75) is 47.1 Å². The number of carbonyl (C=O) groups is 2. The molecule has 26 heavy (non-hydrogen) atoms. The van der Waals surface area contributed by atoms with Gasteiger partial charge in [-0.2, -0.15) is 5.10 Å². The lowest BCUT2D eigenvalue weighted by Crippen LogP contribution is -2.27. The summed E-state index contributed by atoms with van der Waals surface area (Å²) < 4.78 is 1.71. The Bertz CT molecular complexity index is 761. The molecule has 2 rings (SSSR count). The molecule has 0 fully saturated rings. The Morgan fingerprint density at radius 2 is 1.73 bits per heavy atom. The molecule has 2 aromatic rings. The van der Waals surface area contributed by atoms with Gasteiger partial charge in [0.1, 0.15) is 5.69 Å². The Balaban J connectivity index is 2.07. The van der Waals surface area contributed by atoms with E-state index in [1.807, 2.05) is 40.7 Å². The minimum Gasteiger partial charge on any atom is -0.352 e. The quantitative estimate of drug-likeness (QED) is 0.795. The average molecular weight is 356 g/mol. The summed E-state index contributed by atoms with van der Waals surface area (Å²) >= 11 is 0. The molecule has 2 amide bonds. The molecular weight excluding hydrogens is 328 g/mol. The zero-order chi connectivity index (χ0) is 19.3. The zero-order valence-corrected chi connectivity index (χ0v) is 16.2. The molecule has 0 aliphatic rings. The van der Waals surface area contributed by atoms with E-state index in [1.165, 1.54) is 0 Å². The molecule has 0 saturated carbocycles. The van der Waals surface area contributed by atoms with E-state index < -0.39 is 0 Å². The third-order valence-corrected chi connectivity index (χ3v) is 4.00. The fourth-order valence-electron chi connectivity index (χ4n) is 2.44. The number of hydrogen-bond acceptors (Lipinski definition) is 3. The van der Waals surface area contributed by atoms with E-state index in [-0.39, 0.29) is 17.7 Å². The summed E-state index contributed by atoms with van der Waals surface area (Å²) in [5.74, 6) is 0.347. The van der Waals surface area contributed by atoms with Gasteiger partial charge in [0.25, 0.3) is 11.8 Å². The third-order valence-electron chi connectivity index (χ3n) is 4.00. The third kappa shape index (κ3) is 4.94. The number of benzene rings is 1. The lowest BCUT2D eigenvalue weighted by molar-refractivity contribution is 0.0948. The van der Waals surface area contributed by atoms with E-state index in [9.17, 15) is 9.59 Å². The van der Waals surface area contributed by atoms with Crippen LogP contribution < -0.4 is 10.6 Å². The molecule has 6 heteroatoms. The van der Waals surface area contributed by atoms with Crippen molar-refractivity contribution >= 4 is 17.5 Å². The van der Waals surface area contributed by atoms with Gasteiger partial charge in [0.05, 0.1) is 5.69 Å². The molecule has 1 aromatic heterocycles. The monoisotopic (exact) mass is 356 g/mol. The van der Waals surface area contributed by atoms with Crippen LogP contribution in [0.1, 0.15) is 67.1 Å². The Morgan fingerprint density at radius 1 is 1.08 bits per heavy atom. The van der Waals surface area contributed by atoms with Gasteiger partial charge in [0, 0.05) is 24.3 Å². The molecular formula is C20H28N4O2. The van der Waals surface area contributed by atoms with Crippen LogP contribution in [0.4, 0.5) is 5.69 Å². The lowest BCUT2D eigenvalue weighted by Gasteiger charge is -2.09. The highest BCUT2D eigenvalue weighted by atomic mass is 16.2. The summed E-state index contributed by atoms with van der Waals surface area (Å²) in [6.07, 6.45) is 0. The molecule has 1 aromatic carbocycles. The molecule has 0 atom stereocenters. The highest BCUT2D eigenvalue weighted by Crippen LogP contribution is 2.17. The van der Waals surface area contributed by atoms with Crippen LogP contribution in [-0.2, 0) is 6.54 Å². The second kappa shape index (κ2) is 8.65. The average Bonchev–Trinajstić information content (AvgIpc) is 3.05. The fraction of sp³-hybridized carbons (Fsp3) is 0.450. The standard InChI is InChI=1S/C20H28N4O2/c1-6-24-18(11-17(23-24)14(4)5)20(26)22-16-9-7-15(8-10-16)19(25)21-12-13(2)3/h7-11,13-14H,6,12H2,1-5H3,(H,21,25)(H,22,26). The Labute approximate surface area is 155 Å². The summed E-state index contributed by atoms with van der Waals surface area (Å²) in [6, 6.07) is 8.72. The van der Waals surface area contributed by atoms with Crippen molar-refractivity contribution in [3.63, 3.8) is 0 Å². The van der Waals surface area contributed by atoms with Crippen molar-refractivity contribution in [1.82, 2.24) is 15.1 Å². The molecule has 6 nitrogen and oxygen atoms in total. The predicted octanol–water partition coefficient (Wildman–Crippen LogP) is 3.66. The number of nitrogens with one attached hydrogen (secondary N) is 2. The largest absolute Gasteiger partial charge is 0.352 e. The van der Waals surface area contributed by atoms with Crippen LogP contribution in [-0.4, -0.2) is 28.1 Å². The minimum atomic E-state index is -0.205. The van der Waals surface area contributed by atoms with Crippen molar-refractivity contribution in [2.75, 3.05) is 11.9 Å². The van der Waals surface area contributed by atoms with E-state index in [0.29, 0.717) is 36.0 Å². The van der Waals surface area contributed by atoms with E-state index in [4.69, 9.17) is 0 Å². The van der Waals surface area contributed by atoms with Crippen LogP contribution in [0.25, 0.3) is 0 Å². The van der Waals surface area contributed by atoms with Crippen LogP contribution in [0.3, 0.4) is 0 Å². The van der Waals surface area contributed by atoms with Crippen LogP contribution in [0, 0.1) is 5.92 Å². The van der Waals surface area contributed by atoms with Crippen LogP contribution >= 0.6 is 0 Å². The van der Waals surface area contributed by atoms with Crippen LogP contribution in [0.5, 0.6) is 0 Å². The number of aryl methyl sites for hydroxylation is 1. The number of nitrogens with zero attached hydrogens (tertiary/aromatic N) is 2. The number of rotatable bonds is 7. The Morgan fingerprint density at radius 3 is 2.27 bits per heavy atom. The molecule has 140 valence electrons. The van der Waals surface area contributed by atoms with E-state index >= 15 is 0 Å². The maximum absolute atomic E-state index is 12.6. The molecule has 0 radical (unpaired) electrons. The van der Waals surface area contributed by atoms with Crippen LogP contribution in [0.2, 0.25) is 0 Å². The molecule has 0 spiro atoms. The topological polar surface area (TPSA) is 76.0 Å². The van der Waals surface area contributed by atoms with Crippen molar-refractivity contribution < 1.29 is 9.59 Å². The molecule has 0 unspecified atom stereocenters. The fourth-order valence-corrected chi connectivity index (χ4v) is 2.44. The predicted molar refractivity (Wildman–Crippen MR) is 104 cm³/mol. The summed E-state index contributed by atoms with van der Waals surface area (Å²) in [5, 5.41) is 10.2.